The SMILES string of the molecule is CC(C)Cc1noc(COc2ccc3ccc(=O)oc3c2)n1. The molecule has 114 valence electrons. The number of ether oxygens (including phenoxy) is 1. The zero-order valence-corrected chi connectivity index (χ0v) is 12.4. The molecule has 0 aliphatic rings. The van der Waals surface area contributed by atoms with Gasteiger partial charge in [-0.2, -0.15) is 4.98 Å². The van der Waals surface area contributed by atoms with Crippen molar-refractivity contribution in [3.05, 3.63) is 52.5 Å². The molecule has 0 amide bonds. The summed E-state index contributed by atoms with van der Waals surface area (Å²) in [6.45, 7) is 4.36. The van der Waals surface area contributed by atoms with Gasteiger partial charge in [0.05, 0.1) is 0 Å². The van der Waals surface area contributed by atoms with Gasteiger partial charge in [0.15, 0.2) is 12.4 Å². The van der Waals surface area contributed by atoms with Crippen molar-refractivity contribution in [2.75, 3.05) is 0 Å². The zero-order chi connectivity index (χ0) is 15.5. The third-order valence-electron chi connectivity index (χ3n) is 3.06. The van der Waals surface area contributed by atoms with Gasteiger partial charge in [0.1, 0.15) is 11.3 Å². The maximum absolute atomic E-state index is 11.2. The second kappa shape index (κ2) is 6.01. The van der Waals surface area contributed by atoms with E-state index in [1.807, 2.05) is 6.07 Å². The Hall–Kier alpha value is -2.63. The highest BCUT2D eigenvalue weighted by atomic mass is 16.5. The molecule has 2 heterocycles. The minimum atomic E-state index is -0.389. The molecule has 0 saturated carbocycles. The average molecular weight is 300 g/mol. The van der Waals surface area contributed by atoms with Crippen LogP contribution in [0.25, 0.3) is 11.0 Å². The van der Waals surface area contributed by atoms with Crippen molar-refractivity contribution in [3.63, 3.8) is 0 Å². The van der Waals surface area contributed by atoms with Crippen LogP contribution < -0.4 is 10.4 Å². The Morgan fingerprint density at radius 1 is 1.23 bits per heavy atom. The molecule has 2 aromatic heterocycles. The van der Waals surface area contributed by atoms with Gasteiger partial charge in [0.25, 0.3) is 5.89 Å². The Morgan fingerprint density at radius 3 is 2.86 bits per heavy atom. The van der Waals surface area contributed by atoms with Crippen LogP contribution >= 0.6 is 0 Å². The van der Waals surface area contributed by atoms with Crippen LogP contribution in [0.1, 0.15) is 25.6 Å². The van der Waals surface area contributed by atoms with Crippen LogP contribution in [0.5, 0.6) is 5.75 Å². The van der Waals surface area contributed by atoms with Crippen molar-refractivity contribution in [1.82, 2.24) is 10.1 Å². The van der Waals surface area contributed by atoms with E-state index in [4.69, 9.17) is 13.7 Å². The van der Waals surface area contributed by atoms with E-state index in [2.05, 4.69) is 24.0 Å². The molecule has 0 atom stereocenters. The second-order valence-corrected chi connectivity index (χ2v) is 5.45. The lowest BCUT2D eigenvalue weighted by Gasteiger charge is -2.03. The first-order valence-electron chi connectivity index (χ1n) is 7.08. The predicted octanol–water partition coefficient (Wildman–Crippen LogP) is 2.95. The summed E-state index contributed by atoms with van der Waals surface area (Å²) in [5, 5.41) is 4.74. The fraction of sp³-hybridized carbons (Fsp3) is 0.312. The van der Waals surface area contributed by atoms with Gasteiger partial charge in [0.2, 0.25) is 0 Å². The van der Waals surface area contributed by atoms with Crippen LogP contribution in [0.15, 0.2) is 44.1 Å². The molecule has 22 heavy (non-hydrogen) atoms. The van der Waals surface area contributed by atoms with Gasteiger partial charge in [-0.25, -0.2) is 4.79 Å². The molecule has 3 aromatic rings. The fourth-order valence-corrected chi connectivity index (χ4v) is 2.07. The summed E-state index contributed by atoms with van der Waals surface area (Å²) in [5.74, 6) is 2.14. The predicted molar refractivity (Wildman–Crippen MR) is 79.7 cm³/mol. The van der Waals surface area contributed by atoms with Gasteiger partial charge in [-0.1, -0.05) is 19.0 Å². The van der Waals surface area contributed by atoms with Crippen molar-refractivity contribution in [3.8, 4) is 5.75 Å². The maximum atomic E-state index is 11.2. The smallest absolute Gasteiger partial charge is 0.336 e. The summed E-state index contributed by atoms with van der Waals surface area (Å²) < 4.78 is 15.8. The summed E-state index contributed by atoms with van der Waals surface area (Å²) in [4.78, 5) is 15.5. The van der Waals surface area contributed by atoms with Gasteiger partial charge < -0.3 is 13.7 Å². The van der Waals surface area contributed by atoms with Crippen molar-refractivity contribution in [1.29, 1.82) is 0 Å². The summed E-state index contributed by atoms with van der Waals surface area (Å²) in [6, 6.07) is 8.39. The lowest BCUT2D eigenvalue weighted by Crippen LogP contribution is -1.99. The number of benzene rings is 1. The van der Waals surface area contributed by atoms with E-state index < -0.39 is 0 Å². The number of rotatable bonds is 5. The number of aromatic nitrogens is 2. The van der Waals surface area contributed by atoms with Gasteiger partial charge in [-0.15, -0.1) is 0 Å². The summed E-state index contributed by atoms with van der Waals surface area (Å²) in [6.07, 6.45) is 0.768. The first-order valence-corrected chi connectivity index (χ1v) is 7.08. The molecule has 6 heteroatoms. The number of hydrogen-bond acceptors (Lipinski definition) is 6. The highest BCUT2D eigenvalue weighted by Gasteiger charge is 2.09. The van der Waals surface area contributed by atoms with Crippen LogP contribution in [0.3, 0.4) is 0 Å². The molecule has 0 N–H and O–H groups in total. The van der Waals surface area contributed by atoms with Gasteiger partial charge in [0, 0.05) is 23.9 Å². The van der Waals surface area contributed by atoms with Crippen molar-refractivity contribution in [2.24, 2.45) is 5.92 Å². The van der Waals surface area contributed by atoms with Gasteiger partial charge >= 0.3 is 5.63 Å². The molecular weight excluding hydrogens is 284 g/mol. The minimum Gasteiger partial charge on any atom is -0.484 e. The fourth-order valence-electron chi connectivity index (χ4n) is 2.07. The minimum absolute atomic E-state index is 0.174. The molecule has 1 aromatic carbocycles. The Morgan fingerprint density at radius 2 is 2.05 bits per heavy atom. The van der Waals surface area contributed by atoms with Crippen LogP contribution in [-0.4, -0.2) is 10.1 Å². The van der Waals surface area contributed by atoms with Crippen molar-refractivity contribution < 1.29 is 13.7 Å². The Balaban J connectivity index is 1.70. The van der Waals surface area contributed by atoms with Gasteiger partial charge in [-0.3, -0.25) is 0 Å². The molecule has 0 radical (unpaired) electrons. The second-order valence-electron chi connectivity index (χ2n) is 5.45. The molecular formula is C16H16N2O4. The Labute approximate surface area is 126 Å². The largest absolute Gasteiger partial charge is 0.484 e. The monoisotopic (exact) mass is 300 g/mol. The first-order chi connectivity index (χ1) is 10.6. The molecule has 0 aliphatic heterocycles. The van der Waals surface area contributed by atoms with E-state index in [0.29, 0.717) is 29.0 Å². The van der Waals surface area contributed by atoms with Crippen LogP contribution in [0.2, 0.25) is 0 Å². The van der Waals surface area contributed by atoms with Crippen LogP contribution in [0, 0.1) is 5.92 Å². The van der Waals surface area contributed by atoms with E-state index in [9.17, 15) is 4.79 Å². The van der Waals surface area contributed by atoms with E-state index >= 15 is 0 Å². The van der Waals surface area contributed by atoms with Gasteiger partial charge in [-0.05, 0) is 24.1 Å². The molecule has 3 rings (SSSR count). The highest BCUT2D eigenvalue weighted by molar-refractivity contribution is 5.77. The highest BCUT2D eigenvalue weighted by Crippen LogP contribution is 2.20. The maximum Gasteiger partial charge on any atom is 0.336 e. The Kier molecular flexibility index (Phi) is 3.91. The molecule has 0 unspecified atom stereocenters. The van der Waals surface area contributed by atoms with E-state index in [0.717, 1.165) is 11.8 Å². The summed E-state index contributed by atoms with van der Waals surface area (Å²) in [7, 11) is 0. The number of nitrogens with zero attached hydrogens (tertiary/aromatic N) is 2. The lowest BCUT2D eigenvalue weighted by molar-refractivity contribution is 0.242. The van der Waals surface area contributed by atoms with E-state index in [-0.39, 0.29) is 12.2 Å². The van der Waals surface area contributed by atoms with Crippen molar-refractivity contribution >= 4 is 11.0 Å². The Bertz CT molecular complexity index is 835. The van der Waals surface area contributed by atoms with E-state index in [1.165, 1.54) is 6.07 Å². The quantitative estimate of drug-likeness (QED) is 0.674. The number of hydrogen-bond donors (Lipinski definition) is 0. The first kappa shape index (κ1) is 14.3. The zero-order valence-electron chi connectivity index (χ0n) is 12.4. The number of fused-ring (bicyclic) bond motifs is 1. The molecule has 0 aliphatic carbocycles. The normalized spacial score (nSPS) is 11.2. The van der Waals surface area contributed by atoms with Crippen LogP contribution in [0.4, 0.5) is 0 Å². The molecule has 0 fully saturated rings. The standard InChI is InChI=1S/C16H16N2O4/c1-10(2)7-14-17-15(22-18-14)9-20-12-5-3-11-4-6-16(19)21-13(11)8-12/h3-6,8,10H,7,9H2,1-2H3. The van der Waals surface area contributed by atoms with E-state index in [1.54, 1.807) is 18.2 Å². The lowest BCUT2D eigenvalue weighted by atomic mass is 10.1. The summed E-state index contributed by atoms with van der Waals surface area (Å²) in [5.41, 5.74) is 0.0934. The third kappa shape index (κ3) is 3.33. The molecule has 0 bridgehead atoms. The molecule has 6 nitrogen and oxygen atoms in total. The topological polar surface area (TPSA) is 78.4 Å². The third-order valence-corrected chi connectivity index (χ3v) is 3.06. The average Bonchev–Trinajstić information content (AvgIpc) is 2.91. The summed E-state index contributed by atoms with van der Waals surface area (Å²) >= 11 is 0. The molecule has 0 saturated heterocycles. The van der Waals surface area contributed by atoms with Crippen LogP contribution in [-0.2, 0) is 13.0 Å². The molecule has 0 spiro atoms. The van der Waals surface area contributed by atoms with Crippen molar-refractivity contribution in [2.45, 2.75) is 26.9 Å².